The van der Waals surface area contributed by atoms with Crippen LogP contribution in [0.15, 0.2) is 41.3 Å². The molecule has 8 nitrogen and oxygen atoms in total. The molecular formula is C28H28F3IN2O6S. The Morgan fingerprint density at radius 1 is 0.976 bits per heavy atom. The standard InChI is InChI=1S/C28H28F3IN2O6S/c1-37-24-16-19(5-8-23(24)40-22-7-6-20(18-33)15-21(22)28(29,30)31)17-25-26(35)34(27(36)41-25)10-3-2-4-11-38-13-14-39-12-9-32/h5-8,15-17H,2-4,9-14H2,1H3/b25-17-. The van der Waals surface area contributed by atoms with Crippen LogP contribution in [0, 0.1) is 11.3 Å². The van der Waals surface area contributed by atoms with Crippen molar-refractivity contribution in [2.24, 2.45) is 0 Å². The lowest BCUT2D eigenvalue weighted by atomic mass is 10.1. The molecule has 0 bridgehead atoms. The number of halogens is 4. The van der Waals surface area contributed by atoms with Crippen LogP contribution in [0.5, 0.6) is 17.2 Å². The van der Waals surface area contributed by atoms with Crippen LogP contribution >= 0.6 is 34.4 Å². The molecule has 0 aromatic heterocycles. The molecule has 0 aliphatic carbocycles. The van der Waals surface area contributed by atoms with Gasteiger partial charge in [0.05, 0.1) is 49.0 Å². The summed E-state index contributed by atoms with van der Waals surface area (Å²) in [6, 6.07) is 9.12. The number of carbonyl (C=O) groups is 2. The fourth-order valence-electron chi connectivity index (χ4n) is 3.76. The Labute approximate surface area is 253 Å². The Kier molecular flexibility index (Phi) is 12.8. The second-order valence-electron chi connectivity index (χ2n) is 8.64. The van der Waals surface area contributed by atoms with Crippen LogP contribution in [0.2, 0.25) is 0 Å². The number of carbonyl (C=O) groups excluding carboxylic acids is 2. The van der Waals surface area contributed by atoms with Gasteiger partial charge in [-0.25, -0.2) is 0 Å². The molecule has 41 heavy (non-hydrogen) atoms. The van der Waals surface area contributed by atoms with Gasteiger partial charge in [0.25, 0.3) is 11.1 Å². The van der Waals surface area contributed by atoms with Crippen LogP contribution in [-0.4, -0.2) is 60.6 Å². The van der Waals surface area contributed by atoms with Crippen LogP contribution in [0.4, 0.5) is 18.0 Å². The van der Waals surface area contributed by atoms with E-state index in [2.05, 4.69) is 22.6 Å². The zero-order chi connectivity index (χ0) is 29.8. The molecule has 0 atom stereocenters. The third-order valence-electron chi connectivity index (χ3n) is 5.76. The average Bonchev–Trinajstić information content (AvgIpc) is 3.21. The van der Waals surface area contributed by atoms with Crippen molar-refractivity contribution in [2.75, 3.05) is 44.5 Å². The molecule has 2 aromatic carbocycles. The first-order valence-electron chi connectivity index (χ1n) is 12.6. The van der Waals surface area contributed by atoms with Crippen molar-refractivity contribution in [3.05, 3.63) is 58.0 Å². The van der Waals surface area contributed by atoms with Crippen LogP contribution in [0.1, 0.15) is 36.0 Å². The van der Waals surface area contributed by atoms with Gasteiger partial charge in [-0.15, -0.1) is 0 Å². The highest BCUT2D eigenvalue weighted by molar-refractivity contribution is 14.1. The number of nitrogens with zero attached hydrogens (tertiary/aromatic N) is 2. The third-order valence-corrected chi connectivity index (χ3v) is 7.10. The molecule has 0 saturated carbocycles. The monoisotopic (exact) mass is 704 g/mol. The molecule has 0 unspecified atom stereocenters. The molecular weight excluding hydrogens is 676 g/mol. The summed E-state index contributed by atoms with van der Waals surface area (Å²) in [7, 11) is 1.33. The number of thioether (sulfide) groups is 1. The number of imide groups is 1. The predicted molar refractivity (Wildman–Crippen MR) is 156 cm³/mol. The van der Waals surface area contributed by atoms with E-state index in [0.717, 1.165) is 35.1 Å². The molecule has 0 radical (unpaired) electrons. The van der Waals surface area contributed by atoms with E-state index in [-0.39, 0.29) is 27.2 Å². The van der Waals surface area contributed by atoms with Gasteiger partial charge in [0, 0.05) is 17.6 Å². The van der Waals surface area contributed by atoms with E-state index in [0.29, 0.717) is 51.0 Å². The molecule has 1 saturated heterocycles. The number of nitriles is 1. The molecule has 2 amide bonds. The lowest BCUT2D eigenvalue weighted by molar-refractivity contribution is -0.138. The smallest absolute Gasteiger partial charge is 0.420 e. The second-order valence-corrected chi connectivity index (χ2v) is 10.7. The fourth-order valence-corrected chi connectivity index (χ4v) is 4.93. The van der Waals surface area contributed by atoms with Crippen LogP contribution in [-0.2, 0) is 20.4 Å². The van der Waals surface area contributed by atoms with Crippen molar-refractivity contribution in [3.63, 3.8) is 0 Å². The maximum atomic E-state index is 13.5. The number of methoxy groups -OCH3 is 1. The molecule has 220 valence electrons. The minimum atomic E-state index is -4.74. The van der Waals surface area contributed by atoms with E-state index >= 15 is 0 Å². The Bertz CT molecular complexity index is 1300. The normalized spacial score (nSPS) is 14.5. The molecule has 13 heteroatoms. The zero-order valence-electron chi connectivity index (χ0n) is 22.2. The van der Waals surface area contributed by atoms with Gasteiger partial charge in [0.15, 0.2) is 11.5 Å². The third kappa shape index (κ3) is 9.63. The molecule has 2 aromatic rings. The van der Waals surface area contributed by atoms with Gasteiger partial charge in [-0.3, -0.25) is 14.5 Å². The Morgan fingerprint density at radius 3 is 2.39 bits per heavy atom. The maximum Gasteiger partial charge on any atom is 0.420 e. The second kappa shape index (κ2) is 16.0. The highest BCUT2D eigenvalue weighted by atomic mass is 127. The van der Waals surface area contributed by atoms with Crippen molar-refractivity contribution in [1.82, 2.24) is 4.90 Å². The average molecular weight is 705 g/mol. The van der Waals surface area contributed by atoms with Crippen LogP contribution in [0.3, 0.4) is 0 Å². The lowest BCUT2D eigenvalue weighted by Gasteiger charge is -2.16. The van der Waals surface area contributed by atoms with Gasteiger partial charge < -0.3 is 18.9 Å². The SMILES string of the molecule is COc1cc(/C=C2\SC(=O)N(CCCCCOCCOCCI)C2=O)ccc1Oc1ccc(C#N)cc1C(F)(F)F. The number of hydrogen-bond donors (Lipinski definition) is 0. The van der Waals surface area contributed by atoms with Crippen molar-refractivity contribution in [1.29, 1.82) is 5.26 Å². The van der Waals surface area contributed by atoms with E-state index in [1.807, 2.05) is 0 Å². The van der Waals surface area contributed by atoms with Gasteiger partial charge in [-0.1, -0.05) is 28.7 Å². The topological polar surface area (TPSA) is 98.1 Å². The number of amides is 2. The van der Waals surface area contributed by atoms with Gasteiger partial charge >= 0.3 is 6.18 Å². The molecule has 1 aliphatic rings. The zero-order valence-corrected chi connectivity index (χ0v) is 25.1. The molecule has 1 aliphatic heterocycles. The summed E-state index contributed by atoms with van der Waals surface area (Å²) in [4.78, 5) is 26.7. The number of hydrogen-bond acceptors (Lipinski definition) is 8. The highest BCUT2D eigenvalue weighted by Gasteiger charge is 2.36. The first-order valence-corrected chi connectivity index (χ1v) is 15.0. The fraction of sp³-hybridized carbons (Fsp3) is 0.393. The van der Waals surface area contributed by atoms with E-state index in [9.17, 15) is 22.8 Å². The van der Waals surface area contributed by atoms with Crippen molar-refractivity contribution in [3.8, 4) is 23.3 Å². The van der Waals surface area contributed by atoms with E-state index in [1.165, 1.54) is 42.4 Å². The predicted octanol–water partition coefficient (Wildman–Crippen LogP) is 7.05. The van der Waals surface area contributed by atoms with Gasteiger partial charge in [0.1, 0.15) is 5.75 Å². The summed E-state index contributed by atoms with van der Waals surface area (Å²) in [5, 5.41) is 8.59. The Morgan fingerprint density at radius 2 is 1.71 bits per heavy atom. The number of alkyl halides is 4. The minimum absolute atomic E-state index is 0.00473. The number of unbranched alkanes of at least 4 members (excludes halogenated alkanes) is 2. The first-order chi connectivity index (χ1) is 19.7. The van der Waals surface area contributed by atoms with E-state index in [1.54, 1.807) is 6.07 Å². The van der Waals surface area contributed by atoms with E-state index in [4.69, 9.17) is 24.2 Å². The summed E-state index contributed by atoms with van der Waals surface area (Å²) in [6.45, 7) is 2.68. The minimum Gasteiger partial charge on any atom is -0.493 e. The summed E-state index contributed by atoms with van der Waals surface area (Å²) in [5.41, 5.74) is -0.755. The summed E-state index contributed by atoms with van der Waals surface area (Å²) < 4.78 is 63.2. The highest BCUT2D eigenvalue weighted by Crippen LogP contribution is 2.41. The number of ether oxygens (including phenoxy) is 4. The van der Waals surface area contributed by atoms with Crippen molar-refractivity contribution < 1.29 is 41.7 Å². The van der Waals surface area contributed by atoms with Gasteiger partial charge in [0.2, 0.25) is 0 Å². The van der Waals surface area contributed by atoms with E-state index < -0.39 is 23.4 Å². The molecule has 0 spiro atoms. The molecule has 0 N–H and O–H groups in total. The largest absolute Gasteiger partial charge is 0.493 e. The molecule has 1 fully saturated rings. The lowest BCUT2D eigenvalue weighted by Crippen LogP contribution is -2.29. The summed E-state index contributed by atoms with van der Waals surface area (Å²) in [5.74, 6) is -0.773. The Balaban J connectivity index is 1.60. The Hall–Kier alpha value is -2.80. The quantitative estimate of drug-likeness (QED) is 0.0843. The van der Waals surface area contributed by atoms with Gasteiger partial charge in [-0.2, -0.15) is 18.4 Å². The van der Waals surface area contributed by atoms with Crippen molar-refractivity contribution >= 4 is 51.6 Å². The van der Waals surface area contributed by atoms with Crippen LogP contribution < -0.4 is 9.47 Å². The van der Waals surface area contributed by atoms with Crippen molar-refractivity contribution in [2.45, 2.75) is 25.4 Å². The first kappa shape index (κ1) is 32.7. The molecule has 1 heterocycles. The summed E-state index contributed by atoms with van der Waals surface area (Å²) >= 11 is 3.06. The number of rotatable bonds is 15. The summed E-state index contributed by atoms with van der Waals surface area (Å²) in [6.07, 6.45) is -0.971. The molecule has 3 rings (SSSR count). The van der Waals surface area contributed by atoms with Gasteiger partial charge in [-0.05, 0) is 73.0 Å². The van der Waals surface area contributed by atoms with Crippen LogP contribution in [0.25, 0.3) is 6.08 Å². The maximum absolute atomic E-state index is 13.5. The number of benzene rings is 2.